The lowest BCUT2D eigenvalue weighted by atomic mass is 10.1. The molecule has 0 saturated heterocycles. The lowest BCUT2D eigenvalue weighted by molar-refractivity contribution is 0.0523. The fourth-order valence-corrected chi connectivity index (χ4v) is 3.91. The van der Waals surface area contributed by atoms with Gasteiger partial charge in [0, 0.05) is 6.61 Å². The number of rotatable bonds is 6. The van der Waals surface area contributed by atoms with Crippen molar-refractivity contribution in [3.05, 3.63) is 35.4 Å². The number of hydrogen-bond donors (Lipinski definition) is 1. The van der Waals surface area contributed by atoms with Crippen LogP contribution in [0.3, 0.4) is 0 Å². The monoisotopic (exact) mass is 349 g/mol. The van der Waals surface area contributed by atoms with Gasteiger partial charge in [0.2, 0.25) is 0 Å². The van der Waals surface area contributed by atoms with E-state index in [1.54, 1.807) is 24.3 Å². The number of benzene rings is 1. The minimum absolute atomic E-state index is 0.0166. The van der Waals surface area contributed by atoms with Crippen LogP contribution in [0.1, 0.15) is 47.9 Å². The van der Waals surface area contributed by atoms with E-state index in [0.29, 0.717) is 17.5 Å². The van der Waals surface area contributed by atoms with Gasteiger partial charge in [-0.25, -0.2) is 0 Å². The first kappa shape index (κ1) is 18.8. The Labute approximate surface area is 144 Å². The second kappa shape index (κ2) is 6.78. The number of aliphatic hydroxyl groups excluding tert-OH is 1. The number of amides is 2. The van der Waals surface area contributed by atoms with E-state index < -0.39 is 8.32 Å². The van der Waals surface area contributed by atoms with E-state index in [9.17, 15) is 14.7 Å². The fourth-order valence-electron chi connectivity index (χ4n) is 2.53. The third-order valence-electron chi connectivity index (χ3n) is 4.98. The predicted molar refractivity (Wildman–Crippen MR) is 95.6 cm³/mol. The van der Waals surface area contributed by atoms with Crippen molar-refractivity contribution in [1.82, 2.24) is 4.90 Å². The number of carbonyl (C=O) groups excluding carboxylic acids is 2. The molecule has 1 aromatic rings. The van der Waals surface area contributed by atoms with Crippen LogP contribution in [0.15, 0.2) is 24.3 Å². The van der Waals surface area contributed by atoms with Crippen LogP contribution in [0.4, 0.5) is 0 Å². The van der Waals surface area contributed by atoms with Gasteiger partial charge >= 0.3 is 0 Å². The van der Waals surface area contributed by atoms with Crippen LogP contribution in [-0.4, -0.2) is 49.4 Å². The molecule has 0 aromatic heterocycles. The van der Waals surface area contributed by atoms with E-state index in [-0.39, 0.29) is 36.1 Å². The van der Waals surface area contributed by atoms with Crippen molar-refractivity contribution in [2.75, 3.05) is 13.2 Å². The molecule has 6 heteroatoms. The smallest absolute Gasteiger partial charge is 0.261 e. The van der Waals surface area contributed by atoms with Crippen LogP contribution in [0.2, 0.25) is 18.1 Å². The molecular weight excluding hydrogens is 322 g/mol. The maximum absolute atomic E-state index is 12.5. The number of hydrogen-bond acceptors (Lipinski definition) is 4. The third kappa shape index (κ3) is 3.60. The summed E-state index contributed by atoms with van der Waals surface area (Å²) < 4.78 is 6.33. The van der Waals surface area contributed by atoms with Crippen LogP contribution >= 0.6 is 0 Å². The first-order valence-corrected chi connectivity index (χ1v) is 11.2. The van der Waals surface area contributed by atoms with Gasteiger partial charge in [-0.05, 0) is 36.7 Å². The van der Waals surface area contributed by atoms with E-state index in [1.165, 1.54) is 4.90 Å². The summed E-state index contributed by atoms with van der Waals surface area (Å²) >= 11 is 0. The van der Waals surface area contributed by atoms with Crippen molar-refractivity contribution in [2.45, 2.75) is 51.4 Å². The highest BCUT2D eigenvalue weighted by molar-refractivity contribution is 6.74. The van der Waals surface area contributed by atoms with Gasteiger partial charge in [0.05, 0.1) is 23.8 Å². The zero-order valence-corrected chi connectivity index (χ0v) is 16.1. The molecule has 1 heterocycles. The molecule has 0 aliphatic carbocycles. The first-order valence-electron chi connectivity index (χ1n) is 8.32. The number of imide groups is 1. The van der Waals surface area contributed by atoms with Crippen molar-refractivity contribution in [3.8, 4) is 0 Å². The van der Waals surface area contributed by atoms with Crippen LogP contribution < -0.4 is 0 Å². The average Bonchev–Trinajstić information content (AvgIpc) is 2.72. The summed E-state index contributed by atoms with van der Waals surface area (Å²) in [5.41, 5.74) is 0.884. The van der Waals surface area contributed by atoms with E-state index >= 15 is 0 Å². The molecule has 0 saturated carbocycles. The van der Waals surface area contributed by atoms with Crippen molar-refractivity contribution in [3.63, 3.8) is 0 Å². The normalized spacial score (nSPS) is 16.5. The summed E-state index contributed by atoms with van der Waals surface area (Å²) in [5, 5.41) is 9.38. The van der Waals surface area contributed by atoms with Crippen LogP contribution in [0.5, 0.6) is 0 Å². The highest BCUT2D eigenvalue weighted by atomic mass is 28.4. The van der Waals surface area contributed by atoms with Crippen LogP contribution in [0.25, 0.3) is 0 Å². The van der Waals surface area contributed by atoms with Gasteiger partial charge < -0.3 is 9.53 Å². The molecule has 1 atom stereocenters. The van der Waals surface area contributed by atoms with Gasteiger partial charge in [0.15, 0.2) is 8.32 Å². The Morgan fingerprint density at radius 2 is 1.62 bits per heavy atom. The fraction of sp³-hybridized carbons (Fsp3) is 0.556. The van der Waals surface area contributed by atoms with E-state index in [0.717, 1.165) is 0 Å². The SMILES string of the molecule is CC(C)(C)[Si](C)(C)OC(CCO)CN1C(=O)c2ccccc2C1=O. The summed E-state index contributed by atoms with van der Waals surface area (Å²) in [6, 6.07) is 6.85. The molecule has 0 spiro atoms. The number of nitrogens with zero attached hydrogens (tertiary/aromatic N) is 1. The zero-order valence-electron chi connectivity index (χ0n) is 15.1. The second-order valence-corrected chi connectivity index (χ2v) is 12.5. The highest BCUT2D eigenvalue weighted by Gasteiger charge is 2.41. The van der Waals surface area contributed by atoms with E-state index in [2.05, 4.69) is 33.9 Å². The van der Waals surface area contributed by atoms with Crippen LogP contribution in [-0.2, 0) is 4.43 Å². The highest BCUT2D eigenvalue weighted by Crippen LogP contribution is 2.38. The molecule has 0 fully saturated rings. The quantitative estimate of drug-likeness (QED) is 0.633. The molecule has 24 heavy (non-hydrogen) atoms. The minimum Gasteiger partial charge on any atom is -0.412 e. The third-order valence-corrected chi connectivity index (χ3v) is 9.52. The van der Waals surface area contributed by atoms with Gasteiger partial charge in [0.1, 0.15) is 0 Å². The largest absolute Gasteiger partial charge is 0.412 e. The summed E-state index contributed by atoms with van der Waals surface area (Å²) in [6.07, 6.45) is 0.0537. The Morgan fingerprint density at radius 1 is 1.12 bits per heavy atom. The molecule has 1 aliphatic heterocycles. The van der Waals surface area contributed by atoms with Gasteiger partial charge in [-0.15, -0.1) is 0 Å². The minimum atomic E-state index is -2.06. The maximum Gasteiger partial charge on any atom is 0.261 e. The number of carbonyl (C=O) groups is 2. The molecule has 2 rings (SSSR count). The summed E-state index contributed by atoms with van der Waals surface area (Å²) in [7, 11) is -2.06. The predicted octanol–water partition coefficient (Wildman–Crippen LogP) is 3.06. The van der Waals surface area contributed by atoms with Gasteiger partial charge in [-0.3, -0.25) is 14.5 Å². The van der Waals surface area contributed by atoms with E-state index in [4.69, 9.17) is 4.43 Å². The van der Waals surface area contributed by atoms with Gasteiger partial charge in [-0.2, -0.15) is 0 Å². The number of fused-ring (bicyclic) bond motifs is 1. The van der Waals surface area contributed by atoms with Gasteiger partial charge in [0.25, 0.3) is 11.8 Å². The van der Waals surface area contributed by atoms with Gasteiger partial charge in [-0.1, -0.05) is 32.9 Å². The molecule has 1 aromatic carbocycles. The molecule has 5 nitrogen and oxygen atoms in total. The molecule has 1 unspecified atom stereocenters. The molecular formula is C18H27NO4Si. The maximum atomic E-state index is 12.5. The molecule has 0 radical (unpaired) electrons. The molecule has 1 aliphatic rings. The molecule has 0 bridgehead atoms. The number of aliphatic hydroxyl groups is 1. The Hall–Kier alpha value is -1.50. The van der Waals surface area contributed by atoms with Crippen LogP contribution in [0, 0.1) is 0 Å². The van der Waals surface area contributed by atoms with Crippen molar-refractivity contribution in [2.24, 2.45) is 0 Å². The zero-order chi connectivity index (χ0) is 18.1. The van der Waals surface area contributed by atoms with E-state index in [1.807, 2.05) is 0 Å². The molecule has 2 amide bonds. The Morgan fingerprint density at radius 3 is 2.04 bits per heavy atom. The standard InChI is InChI=1S/C18H27NO4Si/c1-18(2,3)24(4,5)23-13(10-11-20)12-19-16(21)14-8-6-7-9-15(14)17(19)22/h6-9,13,20H,10-12H2,1-5H3. The second-order valence-electron chi connectivity index (χ2n) is 7.78. The average molecular weight is 350 g/mol. The lowest BCUT2D eigenvalue weighted by Gasteiger charge is -2.39. The molecule has 132 valence electrons. The van der Waals surface area contributed by atoms with Crippen molar-refractivity contribution >= 4 is 20.1 Å². The summed E-state index contributed by atoms with van der Waals surface area (Å²) in [6.45, 7) is 10.8. The lowest BCUT2D eigenvalue weighted by Crippen LogP contribution is -2.48. The molecule has 1 N–H and O–H groups in total. The van der Waals surface area contributed by atoms with Crippen molar-refractivity contribution in [1.29, 1.82) is 0 Å². The Kier molecular flexibility index (Phi) is 5.32. The summed E-state index contributed by atoms with van der Waals surface area (Å²) in [4.78, 5) is 26.3. The topological polar surface area (TPSA) is 66.8 Å². The first-order chi connectivity index (χ1) is 11.1. The Balaban J connectivity index is 2.18. The van der Waals surface area contributed by atoms with Crippen molar-refractivity contribution < 1.29 is 19.1 Å². The Bertz CT molecular complexity index is 601. The summed E-state index contributed by atoms with van der Waals surface area (Å²) in [5.74, 6) is -0.560.